The summed E-state index contributed by atoms with van der Waals surface area (Å²) in [6.45, 7) is 6.08. The second-order valence-corrected chi connectivity index (χ2v) is 10.4. The smallest absolute Gasteiger partial charge is 0.328 e. The molecule has 1 amide bonds. The minimum atomic E-state index is -0.555. The fourth-order valence-corrected chi connectivity index (χ4v) is 5.48. The molecule has 8 heteroatoms. The number of carbonyl (C=O) groups is 2. The summed E-state index contributed by atoms with van der Waals surface area (Å²) in [4.78, 5) is 32.1. The fraction of sp³-hybridized carbons (Fsp3) is 0.667. The number of likely N-dealkylation sites (tertiary alicyclic amines) is 1. The molecule has 1 unspecified atom stereocenters. The third-order valence-electron chi connectivity index (χ3n) is 7.56. The quantitative estimate of drug-likeness (QED) is 0.569. The molecule has 3 aliphatic rings. The van der Waals surface area contributed by atoms with Gasteiger partial charge in [0.25, 0.3) is 0 Å². The monoisotopic (exact) mass is 481 g/mol. The minimum Gasteiger partial charge on any atom is -0.467 e. The minimum absolute atomic E-state index is 0.00890. The highest BCUT2D eigenvalue weighted by Crippen LogP contribution is 2.53. The zero-order valence-corrected chi connectivity index (χ0v) is 20.5. The molecule has 1 aliphatic carbocycles. The van der Waals surface area contributed by atoms with Crippen molar-refractivity contribution < 1.29 is 14.3 Å². The molecule has 3 fully saturated rings. The number of ether oxygens (including phenoxy) is 1. The van der Waals surface area contributed by atoms with Crippen LogP contribution in [0.1, 0.15) is 45.4 Å². The third-order valence-corrected chi connectivity index (χ3v) is 8.30. The van der Waals surface area contributed by atoms with E-state index in [0.29, 0.717) is 41.4 Å². The summed E-state index contributed by atoms with van der Waals surface area (Å²) in [5.74, 6) is -0.338. The molecule has 1 aromatic carbocycles. The van der Waals surface area contributed by atoms with Crippen LogP contribution in [0.15, 0.2) is 18.2 Å². The van der Waals surface area contributed by atoms with Gasteiger partial charge in [0, 0.05) is 37.8 Å². The number of anilines is 1. The molecule has 1 spiro atoms. The van der Waals surface area contributed by atoms with E-state index in [2.05, 4.69) is 16.7 Å². The first kappa shape index (κ1) is 23.7. The molecule has 0 aromatic heterocycles. The lowest BCUT2D eigenvalue weighted by Gasteiger charge is -2.36. The SMILES string of the molecule is COC(=O)[C@H](CCN1CCC2(CC1)CC2)N1CC(C)N(c2ccc(Cl)c(Cl)c2)CCC1=O. The van der Waals surface area contributed by atoms with Crippen molar-refractivity contribution >= 4 is 40.8 Å². The molecule has 1 saturated carbocycles. The first-order valence-electron chi connectivity index (χ1n) is 11.6. The normalized spacial score (nSPS) is 24.4. The highest BCUT2D eigenvalue weighted by atomic mass is 35.5. The molecule has 1 aromatic rings. The number of halogens is 2. The number of esters is 1. The van der Waals surface area contributed by atoms with Gasteiger partial charge < -0.3 is 19.4 Å². The summed E-state index contributed by atoms with van der Waals surface area (Å²) >= 11 is 12.3. The molecule has 176 valence electrons. The van der Waals surface area contributed by atoms with Crippen LogP contribution in [0.5, 0.6) is 0 Å². The summed E-state index contributed by atoms with van der Waals surface area (Å²) in [7, 11) is 1.40. The number of benzene rings is 1. The van der Waals surface area contributed by atoms with Gasteiger partial charge in [-0.25, -0.2) is 4.79 Å². The molecular formula is C24H33Cl2N3O3. The zero-order valence-electron chi connectivity index (χ0n) is 19.0. The Morgan fingerprint density at radius 1 is 1.16 bits per heavy atom. The highest BCUT2D eigenvalue weighted by Gasteiger charge is 2.44. The van der Waals surface area contributed by atoms with Crippen molar-refractivity contribution in [1.82, 2.24) is 9.80 Å². The Morgan fingerprint density at radius 2 is 1.88 bits per heavy atom. The van der Waals surface area contributed by atoms with Gasteiger partial charge >= 0.3 is 5.97 Å². The maximum Gasteiger partial charge on any atom is 0.328 e. The summed E-state index contributed by atoms with van der Waals surface area (Å²) in [6, 6.07) is 5.00. The van der Waals surface area contributed by atoms with Gasteiger partial charge in [0.2, 0.25) is 5.91 Å². The van der Waals surface area contributed by atoms with E-state index in [1.807, 2.05) is 12.1 Å². The number of nitrogens with zero attached hydrogens (tertiary/aromatic N) is 3. The lowest BCUT2D eigenvalue weighted by Crippen LogP contribution is -2.50. The van der Waals surface area contributed by atoms with E-state index in [4.69, 9.17) is 27.9 Å². The van der Waals surface area contributed by atoms with Crippen molar-refractivity contribution in [2.45, 2.75) is 57.5 Å². The lowest BCUT2D eigenvalue weighted by atomic mass is 9.93. The zero-order chi connectivity index (χ0) is 22.9. The second kappa shape index (κ2) is 9.78. The number of carbonyl (C=O) groups excluding carboxylic acids is 2. The molecule has 2 atom stereocenters. The van der Waals surface area contributed by atoms with E-state index in [-0.39, 0.29) is 17.9 Å². The summed E-state index contributed by atoms with van der Waals surface area (Å²) in [5.41, 5.74) is 1.56. The Balaban J connectivity index is 1.43. The standard InChI is InChI=1S/C24H33Cl2N3O3/c1-17-16-29(22(30)6-12-28(17)18-3-4-19(25)20(26)15-18)21(23(31)32-2)5-11-27-13-9-24(7-8-24)10-14-27/h3-4,15,17,21H,5-14,16H2,1-2H3/t17?,21-/m0/s1. The van der Waals surface area contributed by atoms with Crippen LogP contribution in [0.4, 0.5) is 5.69 Å². The first-order valence-corrected chi connectivity index (χ1v) is 12.4. The van der Waals surface area contributed by atoms with Gasteiger partial charge in [-0.05, 0) is 75.7 Å². The number of hydrogen-bond donors (Lipinski definition) is 0. The average molecular weight is 482 g/mol. The Hall–Kier alpha value is -1.50. The summed E-state index contributed by atoms with van der Waals surface area (Å²) in [6.07, 6.45) is 6.21. The Morgan fingerprint density at radius 3 is 2.50 bits per heavy atom. The van der Waals surface area contributed by atoms with Crippen molar-refractivity contribution in [2.75, 3.05) is 44.7 Å². The maximum absolute atomic E-state index is 13.1. The van der Waals surface area contributed by atoms with E-state index in [1.54, 1.807) is 11.0 Å². The van der Waals surface area contributed by atoms with Gasteiger partial charge in [-0.15, -0.1) is 0 Å². The number of piperidine rings is 1. The van der Waals surface area contributed by atoms with E-state index < -0.39 is 6.04 Å². The van der Waals surface area contributed by atoms with Gasteiger partial charge in [0.1, 0.15) is 6.04 Å². The fourth-order valence-electron chi connectivity index (χ4n) is 5.18. The van der Waals surface area contributed by atoms with Crippen molar-refractivity contribution in [3.63, 3.8) is 0 Å². The van der Waals surface area contributed by atoms with Crippen LogP contribution in [0.25, 0.3) is 0 Å². The van der Waals surface area contributed by atoms with Gasteiger partial charge in [-0.3, -0.25) is 4.79 Å². The Labute approximate surface area is 200 Å². The van der Waals surface area contributed by atoms with Crippen LogP contribution in [0, 0.1) is 5.41 Å². The van der Waals surface area contributed by atoms with Gasteiger partial charge in [-0.2, -0.15) is 0 Å². The first-order chi connectivity index (χ1) is 15.3. The number of amides is 1. The molecule has 0 N–H and O–H groups in total. The van der Waals surface area contributed by atoms with Crippen LogP contribution >= 0.6 is 23.2 Å². The number of hydrogen-bond acceptors (Lipinski definition) is 5. The van der Waals surface area contributed by atoms with Crippen LogP contribution < -0.4 is 4.90 Å². The predicted octanol–water partition coefficient (Wildman–Crippen LogP) is 4.23. The van der Waals surface area contributed by atoms with Crippen LogP contribution in [-0.4, -0.2) is 73.6 Å². The van der Waals surface area contributed by atoms with Gasteiger partial charge in [0.15, 0.2) is 0 Å². The molecule has 6 nitrogen and oxygen atoms in total. The third kappa shape index (κ3) is 5.18. The molecule has 0 radical (unpaired) electrons. The maximum atomic E-state index is 13.1. The molecular weight excluding hydrogens is 449 g/mol. The molecule has 4 rings (SSSR count). The molecule has 32 heavy (non-hydrogen) atoms. The lowest BCUT2D eigenvalue weighted by molar-refractivity contribution is -0.153. The topological polar surface area (TPSA) is 53.1 Å². The van der Waals surface area contributed by atoms with Crippen molar-refractivity contribution in [1.29, 1.82) is 0 Å². The highest BCUT2D eigenvalue weighted by molar-refractivity contribution is 6.42. The molecule has 2 heterocycles. The van der Waals surface area contributed by atoms with Crippen LogP contribution in [-0.2, 0) is 14.3 Å². The van der Waals surface area contributed by atoms with Crippen molar-refractivity contribution in [3.8, 4) is 0 Å². The van der Waals surface area contributed by atoms with Gasteiger partial charge in [0.05, 0.1) is 17.2 Å². The Kier molecular flexibility index (Phi) is 7.23. The van der Waals surface area contributed by atoms with Crippen molar-refractivity contribution in [2.24, 2.45) is 5.41 Å². The molecule has 2 aliphatic heterocycles. The molecule has 0 bridgehead atoms. The number of methoxy groups -OCH3 is 1. The van der Waals surface area contributed by atoms with Gasteiger partial charge in [-0.1, -0.05) is 23.2 Å². The van der Waals surface area contributed by atoms with E-state index in [0.717, 1.165) is 25.3 Å². The number of rotatable bonds is 6. The van der Waals surface area contributed by atoms with E-state index >= 15 is 0 Å². The second-order valence-electron chi connectivity index (χ2n) is 9.61. The van der Waals surface area contributed by atoms with Crippen molar-refractivity contribution in [3.05, 3.63) is 28.2 Å². The summed E-state index contributed by atoms with van der Waals surface area (Å²) < 4.78 is 5.12. The molecule has 2 saturated heterocycles. The van der Waals surface area contributed by atoms with E-state index in [9.17, 15) is 9.59 Å². The van der Waals surface area contributed by atoms with E-state index in [1.165, 1.54) is 32.8 Å². The summed E-state index contributed by atoms with van der Waals surface area (Å²) in [5, 5.41) is 0.998. The largest absolute Gasteiger partial charge is 0.467 e. The van der Waals surface area contributed by atoms with Crippen LogP contribution in [0.3, 0.4) is 0 Å². The average Bonchev–Trinajstić information content (AvgIpc) is 3.56. The van der Waals surface area contributed by atoms with Crippen LogP contribution in [0.2, 0.25) is 10.0 Å². The Bertz CT molecular complexity index is 851. The predicted molar refractivity (Wildman–Crippen MR) is 127 cm³/mol.